The van der Waals surface area contributed by atoms with Gasteiger partial charge in [-0.3, -0.25) is 0 Å². The smallest absolute Gasteiger partial charge is 0.141 e. The molecular formula is C17H16BrN3. The number of aromatic nitrogens is 2. The van der Waals surface area contributed by atoms with Gasteiger partial charge in [-0.15, -0.1) is 0 Å². The number of aryl methyl sites for hydroxylation is 2. The maximum Gasteiger partial charge on any atom is 0.141 e. The summed E-state index contributed by atoms with van der Waals surface area (Å²) in [5, 5.41) is 4.50. The molecule has 1 aromatic heterocycles. The van der Waals surface area contributed by atoms with Gasteiger partial charge in [0.2, 0.25) is 0 Å². The summed E-state index contributed by atoms with van der Waals surface area (Å²) in [7, 11) is 0. The lowest BCUT2D eigenvalue weighted by Gasteiger charge is -2.14. The Labute approximate surface area is 132 Å². The highest BCUT2D eigenvalue weighted by molar-refractivity contribution is 9.10. The largest absolute Gasteiger partial charge is 0.339 e. The predicted octanol–water partition coefficient (Wildman–Crippen LogP) is 5.01. The van der Waals surface area contributed by atoms with Crippen LogP contribution in [0.2, 0.25) is 0 Å². The van der Waals surface area contributed by atoms with Gasteiger partial charge in [-0.25, -0.2) is 9.97 Å². The lowest BCUT2D eigenvalue weighted by Crippen LogP contribution is -2.01. The van der Waals surface area contributed by atoms with E-state index in [1.165, 1.54) is 11.1 Å². The van der Waals surface area contributed by atoms with Gasteiger partial charge in [0.05, 0.1) is 5.52 Å². The first kappa shape index (κ1) is 14.0. The minimum Gasteiger partial charge on any atom is -0.339 e. The monoisotopic (exact) mass is 341 g/mol. The lowest BCUT2D eigenvalue weighted by atomic mass is 10.1. The van der Waals surface area contributed by atoms with Crippen molar-refractivity contribution in [1.29, 1.82) is 0 Å². The van der Waals surface area contributed by atoms with Crippen LogP contribution in [0.1, 0.15) is 18.1 Å². The molecule has 0 saturated carbocycles. The second-order valence-corrected chi connectivity index (χ2v) is 5.89. The van der Waals surface area contributed by atoms with Gasteiger partial charge in [-0.1, -0.05) is 41.1 Å². The fourth-order valence-corrected chi connectivity index (χ4v) is 2.81. The number of nitrogens with zero attached hydrogens (tertiary/aromatic N) is 2. The van der Waals surface area contributed by atoms with Crippen molar-refractivity contribution >= 4 is 38.3 Å². The highest BCUT2D eigenvalue weighted by Crippen LogP contribution is 2.29. The van der Waals surface area contributed by atoms with Crippen LogP contribution >= 0.6 is 15.9 Å². The van der Waals surface area contributed by atoms with Crippen LogP contribution in [-0.2, 0) is 6.42 Å². The number of hydrogen-bond acceptors (Lipinski definition) is 3. The molecule has 0 aliphatic heterocycles. The van der Waals surface area contributed by atoms with E-state index >= 15 is 0 Å². The third-order valence-corrected chi connectivity index (χ3v) is 4.07. The SMILES string of the molecule is CCc1cccc(C)c1Nc1ncnc2ccc(Br)cc12. The Balaban J connectivity index is 2.13. The summed E-state index contributed by atoms with van der Waals surface area (Å²) in [6.45, 7) is 4.27. The summed E-state index contributed by atoms with van der Waals surface area (Å²) in [6, 6.07) is 12.4. The van der Waals surface area contributed by atoms with E-state index in [4.69, 9.17) is 0 Å². The van der Waals surface area contributed by atoms with Crippen LogP contribution in [0.25, 0.3) is 10.9 Å². The molecule has 0 saturated heterocycles. The normalized spacial score (nSPS) is 10.8. The van der Waals surface area contributed by atoms with Crippen molar-refractivity contribution in [3.63, 3.8) is 0 Å². The predicted molar refractivity (Wildman–Crippen MR) is 91.1 cm³/mol. The van der Waals surface area contributed by atoms with Gasteiger partial charge < -0.3 is 5.32 Å². The van der Waals surface area contributed by atoms with Crippen molar-refractivity contribution in [3.8, 4) is 0 Å². The van der Waals surface area contributed by atoms with Gasteiger partial charge in [0.25, 0.3) is 0 Å². The third kappa shape index (κ3) is 2.76. The summed E-state index contributed by atoms with van der Waals surface area (Å²) in [4.78, 5) is 8.73. The Kier molecular flexibility index (Phi) is 3.88. The molecule has 0 spiro atoms. The fourth-order valence-electron chi connectivity index (χ4n) is 2.45. The van der Waals surface area contributed by atoms with Crippen molar-refractivity contribution in [3.05, 3.63) is 58.3 Å². The summed E-state index contributed by atoms with van der Waals surface area (Å²) < 4.78 is 1.02. The van der Waals surface area contributed by atoms with Gasteiger partial charge in [0, 0.05) is 15.5 Å². The van der Waals surface area contributed by atoms with Crippen molar-refractivity contribution < 1.29 is 0 Å². The Morgan fingerprint density at radius 1 is 1.14 bits per heavy atom. The maximum absolute atomic E-state index is 4.42. The molecule has 4 heteroatoms. The van der Waals surface area contributed by atoms with Crippen LogP contribution in [-0.4, -0.2) is 9.97 Å². The molecule has 0 aliphatic carbocycles. The molecule has 21 heavy (non-hydrogen) atoms. The number of fused-ring (bicyclic) bond motifs is 1. The minimum absolute atomic E-state index is 0.838. The Bertz CT molecular complexity index is 799. The number of halogens is 1. The van der Waals surface area contributed by atoms with Gasteiger partial charge in [-0.05, 0) is 42.7 Å². The number of anilines is 2. The molecular weight excluding hydrogens is 326 g/mol. The van der Waals surface area contributed by atoms with Crippen LogP contribution < -0.4 is 5.32 Å². The van der Waals surface area contributed by atoms with E-state index in [2.05, 4.69) is 63.3 Å². The topological polar surface area (TPSA) is 37.8 Å². The van der Waals surface area contributed by atoms with Crippen molar-refractivity contribution in [2.45, 2.75) is 20.3 Å². The summed E-state index contributed by atoms with van der Waals surface area (Å²) in [5.41, 5.74) is 4.58. The average molecular weight is 342 g/mol. The van der Waals surface area contributed by atoms with E-state index in [0.29, 0.717) is 0 Å². The average Bonchev–Trinajstić information content (AvgIpc) is 2.49. The first-order chi connectivity index (χ1) is 10.2. The minimum atomic E-state index is 0.838. The van der Waals surface area contributed by atoms with Gasteiger partial charge in [0.1, 0.15) is 12.1 Å². The first-order valence-electron chi connectivity index (χ1n) is 6.95. The number of nitrogens with one attached hydrogen (secondary N) is 1. The Morgan fingerprint density at radius 3 is 2.81 bits per heavy atom. The Hall–Kier alpha value is -1.94. The van der Waals surface area contributed by atoms with E-state index in [9.17, 15) is 0 Å². The second kappa shape index (κ2) is 5.82. The van der Waals surface area contributed by atoms with Gasteiger partial charge in [-0.2, -0.15) is 0 Å². The molecule has 3 aromatic rings. The second-order valence-electron chi connectivity index (χ2n) is 4.97. The zero-order valence-electron chi connectivity index (χ0n) is 12.0. The van der Waals surface area contributed by atoms with Crippen molar-refractivity contribution in [2.75, 3.05) is 5.32 Å². The van der Waals surface area contributed by atoms with Crippen molar-refractivity contribution in [1.82, 2.24) is 9.97 Å². The van der Waals surface area contributed by atoms with Crippen LogP contribution in [0.3, 0.4) is 0 Å². The zero-order valence-corrected chi connectivity index (χ0v) is 13.6. The molecule has 3 rings (SSSR count). The lowest BCUT2D eigenvalue weighted by molar-refractivity contribution is 1.13. The molecule has 0 bridgehead atoms. The summed E-state index contributed by atoms with van der Waals surface area (Å²) >= 11 is 3.51. The van der Waals surface area contributed by atoms with Crippen molar-refractivity contribution in [2.24, 2.45) is 0 Å². The van der Waals surface area contributed by atoms with Crippen LogP contribution in [0.4, 0.5) is 11.5 Å². The van der Waals surface area contributed by atoms with E-state index < -0.39 is 0 Å². The number of para-hydroxylation sites is 1. The van der Waals surface area contributed by atoms with E-state index in [-0.39, 0.29) is 0 Å². The molecule has 2 aromatic carbocycles. The number of hydrogen-bond donors (Lipinski definition) is 1. The Morgan fingerprint density at radius 2 is 2.00 bits per heavy atom. The van der Waals surface area contributed by atoms with Crippen LogP contribution in [0.5, 0.6) is 0 Å². The van der Waals surface area contributed by atoms with E-state index in [1.54, 1.807) is 6.33 Å². The molecule has 0 aliphatic rings. The molecule has 0 radical (unpaired) electrons. The molecule has 3 nitrogen and oxygen atoms in total. The summed E-state index contributed by atoms with van der Waals surface area (Å²) in [5.74, 6) is 0.838. The molecule has 0 atom stereocenters. The summed E-state index contributed by atoms with van der Waals surface area (Å²) in [6.07, 6.45) is 2.58. The number of rotatable bonds is 3. The van der Waals surface area contributed by atoms with Gasteiger partial charge in [0.15, 0.2) is 0 Å². The number of benzene rings is 2. The maximum atomic E-state index is 4.42. The van der Waals surface area contributed by atoms with Crippen LogP contribution in [0, 0.1) is 6.92 Å². The molecule has 0 amide bonds. The fraction of sp³-hybridized carbons (Fsp3) is 0.176. The third-order valence-electron chi connectivity index (χ3n) is 3.58. The first-order valence-corrected chi connectivity index (χ1v) is 7.74. The van der Waals surface area contributed by atoms with Gasteiger partial charge >= 0.3 is 0 Å². The molecule has 0 fully saturated rings. The quantitative estimate of drug-likeness (QED) is 0.727. The highest BCUT2D eigenvalue weighted by Gasteiger charge is 2.09. The van der Waals surface area contributed by atoms with Crippen LogP contribution in [0.15, 0.2) is 47.2 Å². The zero-order chi connectivity index (χ0) is 14.8. The molecule has 1 N–H and O–H groups in total. The standard InChI is InChI=1S/C17H16BrN3/c1-3-12-6-4-5-11(2)16(12)21-17-14-9-13(18)7-8-15(14)19-10-20-17/h4-10H,3H2,1-2H3,(H,19,20,21). The van der Waals surface area contributed by atoms with E-state index in [1.807, 2.05) is 18.2 Å². The highest BCUT2D eigenvalue weighted by atomic mass is 79.9. The molecule has 1 heterocycles. The molecule has 106 valence electrons. The molecule has 0 unspecified atom stereocenters. The van der Waals surface area contributed by atoms with E-state index in [0.717, 1.165) is 33.3 Å².